The van der Waals surface area contributed by atoms with E-state index in [1.54, 1.807) is 37.4 Å². The van der Waals surface area contributed by atoms with Gasteiger partial charge < -0.3 is 10.1 Å². The molecular weight excluding hydrogens is 321 g/mol. The van der Waals surface area contributed by atoms with Crippen LogP contribution >= 0.6 is 0 Å². The molecule has 0 aliphatic heterocycles. The summed E-state index contributed by atoms with van der Waals surface area (Å²) in [4.78, 5) is 24.2. The van der Waals surface area contributed by atoms with Crippen molar-refractivity contribution in [2.45, 2.75) is 26.2 Å². The van der Waals surface area contributed by atoms with E-state index < -0.39 is 0 Å². The van der Waals surface area contributed by atoms with Crippen molar-refractivity contribution in [3.05, 3.63) is 65.0 Å². The molecule has 5 heteroatoms. The highest BCUT2D eigenvalue weighted by Crippen LogP contribution is 2.27. The lowest BCUT2D eigenvalue weighted by molar-refractivity contribution is -0.120. The highest BCUT2D eigenvalue weighted by Gasteiger charge is 2.13. The molecule has 0 unspecified atom stereocenters. The van der Waals surface area contributed by atoms with Crippen LogP contribution in [-0.4, -0.2) is 25.3 Å². The number of hydrogen-bond donors (Lipinski definition) is 1. The van der Waals surface area contributed by atoms with Gasteiger partial charge in [-0.2, -0.15) is 0 Å². The first-order valence-electron chi connectivity index (χ1n) is 8.13. The van der Waals surface area contributed by atoms with Crippen molar-refractivity contribution in [3.8, 4) is 5.75 Å². The summed E-state index contributed by atoms with van der Waals surface area (Å²) < 4.78 is 18.2. The third-order valence-corrected chi connectivity index (χ3v) is 3.90. The lowest BCUT2D eigenvalue weighted by Crippen LogP contribution is -2.30. The Kier molecular flexibility index (Phi) is 6.28. The fourth-order valence-electron chi connectivity index (χ4n) is 2.49. The van der Waals surface area contributed by atoms with Gasteiger partial charge in [-0.25, -0.2) is 4.39 Å². The van der Waals surface area contributed by atoms with Crippen LogP contribution in [0.1, 0.15) is 41.3 Å². The van der Waals surface area contributed by atoms with Crippen molar-refractivity contribution < 1.29 is 18.7 Å². The van der Waals surface area contributed by atoms with E-state index in [2.05, 4.69) is 5.32 Å². The molecule has 0 fully saturated rings. The normalized spacial score (nSPS) is 10.6. The minimum absolute atomic E-state index is 0.0795. The van der Waals surface area contributed by atoms with Gasteiger partial charge in [0.25, 0.3) is 0 Å². The van der Waals surface area contributed by atoms with E-state index in [1.807, 2.05) is 13.8 Å². The number of ether oxygens (including phenoxy) is 1. The van der Waals surface area contributed by atoms with Gasteiger partial charge in [-0.15, -0.1) is 0 Å². The molecule has 0 atom stereocenters. The summed E-state index contributed by atoms with van der Waals surface area (Å²) in [6.07, 6.45) is 0.105. The van der Waals surface area contributed by atoms with E-state index in [0.29, 0.717) is 11.1 Å². The Hall–Kier alpha value is -2.69. The summed E-state index contributed by atoms with van der Waals surface area (Å²) in [5, 5.41) is 2.61. The van der Waals surface area contributed by atoms with Crippen molar-refractivity contribution in [2.24, 2.45) is 0 Å². The molecule has 0 aliphatic rings. The monoisotopic (exact) mass is 343 g/mol. The van der Waals surface area contributed by atoms with Gasteiger partial charge in [0.05, 0.1) is 20.1 Å². The van der Waals surface area contributed by atoms with Crippen molar-refractivity contribution in [3.63, 3.8) is 0 Å². The van der Waals surface area contributed by atoms with Gasteiger partial charge in [0, 0.05) is 5.56 Å². The average molecular weight is 343 g/mol. The molecule has 2 rings (SSSR count). The molecule has 0 radical (unpaired) electrons. The van der Waals surface area contributed by atoms with Crippen molar-refractivity contribution in [1.82, 2.24) is 5.32 Å². The summed E-state index contributed by atoms with van der Waals surface area (Å²) in [7, 11) is 1.60. The first-order valence-corrected chi connectivity index (χ1v) is 8.13. The number of Topliss-reactive ketones (excluding diaryl/α,β-unsaturated/α-hetero) is 1. The molecule has 0 spiro atoms. The van der Waals surface area contributed by atoms with Crippen LogP contribution in [0.4, 0.5) is 4.39 Å². The number of rotatable bonds is 7. The van der Waals surface area contributed by atoms with Gasteiger partial charge >= 0.3 is 0 Å². The molecule has 0 saturated carbocycles. The fourth-order valence-corrected chi connectivity index (χ4v) is 2.49. The van der Waals surface area contributed by atoms with Crippen molar-refractivity contribution >= 4 is 11.7 Å². The second-order valence-electron chi connectivity index (χ2n) is 6.11. The number of hydrogen-bond acceptors (Lipinski definition) is 3. The number of carbonyl (C=O) groups is 2. The number of nitrogens with one attached hydrogen (secondary N) is 1. The zero-order chi connectivity index (χ0) is 18.4. The molecule has 0 aliphatic carbocycles. The average Bonchev–Trinajstić information content (AvgIpc) is 2.61. The number of benzene rings is 2. The molecular formula is C20H22FNO3. The SMILES string of the molecule is COc1ccc(C(=O)CNC(=O)Cc2ccc(F)cc2)cc1C(C)C. The van der Waals surface area contributed by atoms with Gasteiger partial charge in [-0.05, 0) is 47.4 Å². The van der Waals surface area contributed by atoms with Gasteiger partial charge in [-0.3, -0.25) is 9.59 Å². The quantitative estimate of drug-likeness (QED) is 0.783. The van der Waals surface area contributed by atoms with Crippen LogP contribution in [0.25, 0.3) is 0 Å². The van der Waals surface area contributed by atoms with Crippen LogP contribution in [0.15, 0.2) is 42.5 Å². The summed E-state index contributed by atoms with van der Waals surface area (Å²) >= 11 is 0. The molecule has 4 nitrogen and oxygen atoms in total. The third-order valence-electron chi connectivity index (χ3n) is 3.90. The Bertz CT molecular complexity index is 754. The lowest BCUT2D eigenvalue weighted by Gasteiger charge is -2.13. The predicted octanol–water partition coefficient (Wildman–Crippen LogP) is 3.50. The second kappa shape index (κ2) is 8.42. The standard InChI is InChI=1S/C20H22FNO3/c1-13(2)17-11-15(6-9-19(17)25-3)18(23)12-22-20(24)10-14-4-7-16(21)8-5-14/h4-9,11,13H,10,12H2,1-3H3,(H,22,24). The Labute approximate surface area is 147 Å². The van der Waals surface area contributed by atoms with E-state index >= 15 is 0 Å². The van der Waals surface area contributed by atoms with Gasteiger partial charge in [-0.1, -0.05) is 26.0 Å². The minimum atomic E-state index is -0.347. The van der Waals surface area contributed by atoms with Gasteiger partial charge in [0.15, 0.2) is 5.78 Å². The number of methoxy groups -OCH3 is 1. The Morgan fingerprint density at radius 1 is 1.12 bits per heavy atom. The van der Waals surface area contributed by atoms with E-state index in [-0.39, 0.29) is 36.4 Å². The van der Waals surface area contributed by atoms with Gasteiger partial charge in [0.2, 0.25) is 5.91 Å². The smallest absolute Gasteiger partial charge is 0.224 e. The predicted molar refractivity (Wildman–Crippen MR) is 94.5 cm³/mol. The molecule has 1 amide bonds. The molecule has 0 bridgehead atoms. The number of ketones is 1. The maximum atomic E-state index is 12.9. The maximum Gasteiger partial charge on any atom is 0.224 e. The van der Waals surface area contributed by atoms with E-state index in [0.717, 1.165) is 11.3 Å². The topological polar surface area (TPSA) is 55.4 Å². The number of carbonyl (C=O) groups excluding carboxylic acids is 2. The van der Waals surface area contributed by atoms with Crippen molar-refractivity contribution in [2.75, 3.05) is 13.7 Å². The number of halogens is 1. The van der Waals surface area contributed by atoms with Crippen molar-refractivity contribution in [1.29, 1.82) is 0 Å². The van der Waals surface area contributed by atoms with Crippen LogP contribution in [0, 0.1) is 5.82 Å². The zero-order valence-corrected chi connectivity index (χ0v) is 14.6. The second-order valence-corrected chi connectivity index (χ2v) is 6.11. The third kappa shape index (κ3) is 5.14. The first kappa shape index (κ1) is 18.6. The minimum Gasteiger partial charge on any atom is -0.496 e. The molecule has 0 heterocycles. The molecule has 25 heavy (non-hydrogen) atoms. The van der Waals surface area contributed by atoms with E-state index in [4.69, 9.17) is 4.74 Å². The Morgan fingerprint density at radius 2 is 1.80 bits per heavy atom. The van der Waals surface area contributed by atoms with E-state index in [1.165, 1.54) is 12.1 Å². The van der Waals surface area contributed by atoms with Crippen LogP contribution in [0.5, 0.6) is 5.75 Å². The summed E-state index contributed by atoms with van der Waals surface area (Å²) in [5.41, 5.74) is 2.18. The zero-order valence-electron chi connectivity index (χ0n) is 14.6. The molecule has 2 aromatic carbocycles. The molecule has 0 saturated heterocycles. The summed E-state index contributed by atoms with van der Waals surface area (Å²) in [5.74, 6) is 0.164. The maximum absolute atomic E-state index is 12.9. The molecule has 0 aromatic heterocycles. The highest BCUT2D eigenvalue weighted by molar-refractivity contribution is 5.99. The highest BCUT2D eigenvalue weighted by atomic mass is 19.1. The van der Waals surface area contributed by atoms with Crippen LogP contribution in [0.2, 0.25) is 0 Å². The van der Waals surface area contributed by atoms with Gasteiger partial charge in [0.1, 0.15) is 11.6 Å². The number of amides is 1. The molecule has 132 valence electrons. The van der Waals surface area contributed by atoms with Crippen LogP contribution in [0.3, 0.4) is 0 Å². The Balaban J connectivity index is 1.96. The van der Waals surface area contributed by atoms with Crippen LogP contribution < -0.4 is 10.1 Å². The molecule has 1 N–H and O–H groups in total. The summed E-state index contributed by atoms with van der Waals surface area (Å²) in [6.45, 7) is 3.97. The largest absolute Gasteiger partial charge is 0.496 e. The lowest BCUT2D eigenvalue weighted by atomic mass is 9.98. The fraction of sp³-hybridized carbons (Fsp3) is 0.300. The molecule has 2 aromatic rings. The first-order chi connectivity index (χ1) is 11.9. The summed E-state index contributed by atoms with van der Waals surface area (Å²) in [6, 6.07) is 11.0. The Morgan fingerprint density at radius 3 is 2.40 bits per heavy atom. The van der Waals surface area contributed by atoms with Crippen LogP contribution in [-0.2, 0) is 11.2 Å². The van der Waals surface area contributed by atoms with E-state index in [9.17, 15) is 14.0 Å².